The summed E-state index contributed by atoms with van der Waals surface area (Å²) in [6, 6.07) is 7.50. The number of quaternary nitrogens is 1. The molecule has 2 heterocycles. The van der Waals surface area contributed by atoms with Crippen LogP contribution in [0.2, 0.25) is 0 Å². The van der Waals surface area contributed by atoms with E-state index in [0.29, 0.717) is 12.1 Å². The Morgan fingerprint density at radius 1 is 1.18 bits per heavy atom. The number of H-pyrrole nitrogens is 1. The Bertz CT molecular complexity index is 671. The third-order valence-electron chi connectivity index (χ3n) is 4.34. The average Bonchev–Trinajstić information content (AvgIpc) is 3.20. The highest BCUT2D eigenvalue weighted by molar-refractivity contribution is 6.44. The van der Waals surface area contributed by atoms with Crippen molar-refractivity contribution < 1.29 is 14.5 Å². The van der Waals surface area contributed by atoms with Gasteiger partial charge in [0.15, 0.2) is 0 Å². The van der Waals surface area contributed by atoms with Crippen molar-refractivity contribution in [3.8, 4) is 0 Å². The molecule has 116 valence electrons. The van der Waals surface area contributed by atoms with Gasteiger partial charge < -0.3 is 15.2 Å². The van der Waals surface area contributed by atoms with E-state index in [-0.39, 0.29) is 0 Å². The van der Waals surface area contributed by atoms with Gasteiger partial charge in [-0.1, -0.05) is 18.2 Å². The zero-order chi connectivity index (χ0) is 15.4. The summed E-state index contributed by atoms with van der Waals surface area (Å²) in [5, 5.41) is 3.54. The summed E-state index contributed by atoms with van der Waals surface area (Å²) in [6.45, 7) is 4.11. The molecule has 5 nitrogen and oxygen atoms in total. The van der Waals surface area contributed by atoms with Crippen LogP contribution in [0.3, 0.4) is 0 Å². The van der Waals surface area contributed by atoms with Gasteiger partial charge in [-0.3, -0.25) is 9.59 Å². The van der Waals surface area contributed by atoms with Crippen LogP contribution in [-0.2, 0) is 4.79 Å². The molecule has 1 saturated heterocycles. The number of amides is 1. The molecule has 1 aromatic carbocycles. The molecular formula is C17H22N3O2+. The smallest absolute Gasteiger partial charge is 0.292 e. The molecule has 22 heavy (non-hydrogen) atoms. The second-order valence-electron chi connectivity index (χ2n) is 5.89. The van der Waals surface area contributed by atoms with E-state index in [2.05, 4.69) is 10.3 Å². The number of rotatable bonds is 6. The average molecular weight is 300 g/mol. The number of aromatic nitrogens is 1. The third-order valence-corrected chi connectivity index (χ3v) is 4.34. The maximum absolute atomic E-state index is 12.2. The second-order valence-corrected chi connectivity index (χ2v) is 5.89. The summed E-state index contributed by atoms with van der Waals surface area (Å²) < 4.78 is 0. The number of fused-ring (bicyclic) bond motifs is 1. The number of likely N-dealkylation sites (tertiary alicyclic amines) is 1. The number of hydrogen-bond acceptors (Lipinski definition) is 2. The molecule has 0 saturated carbocycles. The van der Waals surface area contributed by atoms with Crippen LogP contribution in [0.15, 0.2) is 30.5 Å². The van der Waals surface area contributed by atoms with Crippen molar-refractivity contribution in [1.82, 2.24) is 10.3 Å². The Labute approximate surface area is 129 Å². The molecule has 0 radical (unpaired) electrons. The van der Waals surface area contributed by atoms with Gasteiger partial charge in [0.05, 0.1) is 25.2 Å². The van der Waals surface area contributed by atoms with E-state index < -0.39 is 11.7 Å². The van der Waals surface area contributed by atoms with Gasteiger partial charge in [-0.2, -0.15) is 0 Å². The van der Waals surface area contributed by atoms with E-state index in [1.54, 1.807) is 11.1 Å². The fraction of sp³-hybridized carbons (Fsp3) is 0.412. The van der Waals surface area contributed by atoms with Gasteiger partial charge in [0.25, 0.3) is 11.7 Å². The largest absolute Gasteiger partial charge is 0.360 e. The lowest BCUT2D eigenvalue weighted by Gasteiger charge is -2.11. The number of ketones is 1. The second kappa shape index (κ2) is 6.75. The van der Waals surface area contributed by atoms with Crippen molar-refractivity contribution in [2.45, 2.75) is 19.3 Å². The molecular weight excluding hydrogens is 278 g/mol. The summed E-state index contributed by atoms with van der Waals surface area (Å²) in [4.78, 5) is 28.9. The van der Waals surface area contributed by atoms with Crippen LogP contribution >= 0.6 is 0 Å². The fourth-order valence-electron chi connectivity index (χ4n) is 3.13. The first-order valence-corrected chi connectivity index (χ1v) is 7.98. The molecule has 0 bridgehead atoms. The topological polar surface area (TPSA) is 66.4 Å². The van der Waals surface area contributed by atoms with Gasteiger partial charge in [0.1, 0.15) is 0 Å². The van der Waals surface area contributed by atoms with E-state index in [1.165, 1.54) is 25.9 Å². The lowest BCUT2D eigenvalue weighted by molar-refractivity contribution is -0.887. The first-order chi connectivity index (χ1) is 10.8. The van der Waals surface area contributed by atoms with Gasteiger partial charge in [-0.15, -0.1) is 0 Å². The molecule has 1 amide bonds. The van der Waals surface area contributed by atoms with E-state index in [4.69, 9.17) is 0 Å². The summed E-state index contributed by atoms with van der Waals surface area (Å²) in [7, 11) is 0. The number of hydrogen-bond donors (Lipinski definition) is 3. The molecule has 5 heteroatoms. The molecule has 0 unspecified atom stereocenters. The van der Waals surface area contributed by atoms with Crippen LogP contribution in [0.1, 0.15) is 29.6 Å². The predicted octanol–water partition coefficient (Wildman–Crippen LogP) is 0.536. The Kier molecular flexibility index (Phi) is 4.53. The molecule has 3 N–H and O–H groups in total. The Morgan fingerprint density at radius 3 is 2.77 bits per heavy atom. The van der Waals surface area contributed by atoms with E-state index >= 15 is 0 Å². The highest BCUT2D eigenvalue weighted by Gasteiger charge is 2.20. The molecule has 2 aromatic rings. The summed E-state index contributed by atoms with van der Waals surface area (Å²) in [6.07, 6.45) is 5.14. The molecule has 1 fully saturated rings. The van der Waals surface area contributed by atoms with Gasteiger partial charge in [0.2, 0.25) is 0 Å². The first-order valence-electron chi connectivity index (χ1n) is 7.98. The van der Waals surface area contributed by atoms with Crippen LogP contribution < -0.4 is 10.2 Å². The minimum Gasteiger partial charge on any atom is -0.360 e. The van der Waals surface area contributed by atoms with Crippen molar-refractivity contribution in [3.63, 3.8) is 0 Å². The van der Waals surface area contributed by atoms with E-state index in [0.717, 1.165) is 23.9 Å². The zero-order valence-corrected chi connectivity index (χ0v) is 12.7. The minimum atomic E-state index is -0.513. The van der Waals surface area contributed by atoms with Gasteiger partial charge in [0, 0.05) is 42.9 Å². The number of aromatic amines is 1. The number of Topliss-reactive ketones (excluding diaryl/α,β-unsaturated/α-hetero) is 1. The fourth-order valence-corrected chi connectivity index (χ4v) is 3.13. The predicted molar refractivity (Wildman–Crippen MR) is 85.1 cm³/mol. The first kappa shape index (κ1) is 14.8. The molecule has 0 aliphatic carbocycles. The number of nitrogens with one attached hydrogen (secondary N) is 3. The van der Waals surface area contributed by atoms with E-state index in [9.17, 15) is 9.59 Å². The number of benzene rings is 1. The Morgan fingerprint density at radius 2 is 1.95 bits per heavy atom. The molecule has 1 aliphatic rings. The lowest BCUT2D eigenvalue weighted by atomic mass is 10.1. The standard InChI is InChI=1S/C17H21N3O2/c21-16(14-12-19-15-7-2-1-6-13(14)15)17(22)18-8-5-11-20-9-3-4-10-20/h1-2,6-7,12,19H,3-5,8-11H2,(H,18,22)/p+1. The quantitative estimate of drug-likeness (QED) is 0.414. The normalized spacial score (nSPS) is 15.3. The van der Waals surface area contributed by atoms with Crippen molar-refractivity contribution in [3.05, 3.63) is 36.0 Å². The third kappa shape index (κ3) is 3.20. The zero-order valence-electron chi connectivity index (χ0n) is 12.7. The van der Waals surface area contributed by atoms with Crippen LogP contribution in [0, 0.1) is 0 Å². The minimum absolute atomic E-state index is 0.443. The van der Waals surface area contributed by atoms with Crippen molar-refractivity contribution in [2.75, 3.05) is 26.2 Å². The van der Waals surface area contributed by atoms with Gasteiger partial charge in [-0.05, 0) is 6.07 Å². The SMILES string of the molecule is O=C(NCCC[NH+]1CCCC1)C(=O)c1c[nH]c2ccccc12. The maximum atomic E-state index is 12.2. The van der Waals surface area contributed by atoms with E-state index in [1.807, 2.05) is 24.3 Å². The van der Waals surface area contributed by atoms with Crippen LogP contribution in [0.5, 0.6) is 0 Å². The highest BCUT2D eigenvalue weighted by Crippen LogP contribution is 2.17. The Hall–Kier alpha value is -2.14. The monoisotopic (exact) mass is 300 g/mol. The summed E-state index contributed by atoms with van der Waals surface area (Å²) >= 11 is 0. The molecule has 1 aromatic heterocycles. The maximum Gasteiger partial charge on any atom is 0.292 e. The Balaban J connectivity index is 1.52. The van der Waals surface area contributed by atoms with Crippen molar-refractivity contribution in [1.29, 1.82) is 0 Å². The summed E-state index contributed by atoms with van der Waals surface area (Å²) in [5.74, 6) is -0.979. The number of carbonyl (C=O) groups excluding carboxylic acids is 2. The van der Waals surface area contributed by atoms with Crippen LogP contribution in [-0.4, -0.2) is 42.9 Å². The van der Waals surface area contributed by atoms with Crippen LogP contribution in [0.4, 0.5) is 0 Å². The van der Waals surface area contributed by atoms with Gasteiger partial charge in [-0.25, -0.2) is 0 Å². The highest BCUT2D eigenvalue weighted by atomic mass is 16.2. The molecule has 0 spiro atoms. The number of carbonyl (C=O) groups is 2. The molecule has 1 aliphatic heterocycles. The lowest BCUT2D eigenvalue weighted by Crippen LogP contribution is -3.10. The molecule has 0 atom stereocenters. The van der Waals surface area contributed by atoms with Gasteiger partial charge >= 0.3 is 0 Å². The van der Waals surface area contributed by atoms with Crippen molar-refractivity contribution in [2.24, 2.45) is 0 Å². The van der Waals surface area contributed by atoms with Crippen LogP contribution in [0.25, 0.3) is 10.9 Å². The van der Waals surface area contributed by atoms with Crippen molar-refractivity contribution >= 4 is 22.6 Å². The molecule has 3 rings (SSSR count). The summed E-state index contributed by atoms with van der Waals surface area (Å²) in [5.41, 5.74) is 1.31. The number of para-hydroxylation sites is 1.